The molecule has 0 unspecified atom stereocenters. The zero-order valence-electron chi connectivity index (χ0n) is 34.0. The van der Waals surface area contributed by atoms with Crippen LogP contribution < -0.4 is 4.90 Å². The number of anilines is 3. The molecule has 258 valence electrons. The second-order valence-electron chi connectivity index (χ2n) is 13.8. The van der Waals surface area contributed by atoms with E-state index in [1.54, 1.807) is 0 Å². The number of rotatable bonds is 7. The van der Waals surface area contributed by atoms with E-state index >= 15 is 0 Å². The first-order valence-electron chi connectivity index (χ1n) is 20.6. The van der Waals surface area contributed by atoms with Gasteiger partial charge in [0.25, 0.3) is 0 Å². The van der Waals surface area contributed by atoms with E-state index in [1.165, 1.54) is 0 Å². The smallest absolute Gasteiger partial charge is 0.0645 e. The summed E-state index contributed by atoms with van der Waals surface area (Å²) in [6.45, 7) is 0. The molecule has 0 heterocycles. The molecule has 0 aliphatic rings. The minimum atomic E-state index is -0.115. The van der Waals surface area contributed by atoms with E-state index in [0.717, 1.165) is 77.1 Å². The van der Waals surface area contributed by atoms with Gasteiger partial charge in [0.1, 0.15) is 0 Å². The van der Waals surface area contributed by atoms with Crippen LogP contribution in [0.25, 0.3) is 76.8 Å². The van der Waals surface area contributed by atoms with E-state index in [1.807, 2.05) is 89.8 Å². The number of nitrogens with zero attached hydrogens (tertiary/aromatic N) is 1. The normalized spacial score (nSPS) is 12.3. The van der Waals surface area contributed by atoms with Crippen LogP contribution in [0.5, 0.6) is 0 Å². The highest BCUT2D eigenvalue weighted by molar-refractivity contribution is 6.08. The van der Waals surface area contributed by atoms with Gasteiger partial charge in [0.15, 0.2) is 0 Å². The zero-order chi connectivity index (χ0) is 40.0. The van der Waals surface area contributed by atoms with Crippen LogP contribution in [0, 0.1) is 0 Å². The average Bonchev–Trinajstić information content (AvgIpc) is 3.30. The van der Waals surface area contributed by atoms with E-state index in [4.69, 9.17) is 0 Å². The van der Waals surface area contributed by atoms with Crippen LogP contribution in [0.2, 0.25) is 0 Å². The first kappa shape index (κ1) is 28.3. The maximum atomic E-state index is 9.58. The molecular formula is C54H37N. The summed E-state index contributed by atoms with van der Waals surface area (Å²) in [5.74, 6) is 0. The van der Waals surface area contributed by atoms with Gasteiger partial charge in [-0.25, -0.2) is 0 Å². The summed E-state index contributed by atoms with van der Waals surface area (Å²) in [7, 11) is 0. The molecule has 10 rings (SSSR count). The van der Waals surface area contributed by atoms with Gasteiger partial charge in [-0.3, -0.25) is 0 Å². The maximum absolute atomic E-state index is 9.58. The van der Waals surface area contributed by atoms with Crippen LogP contribution in [0.1, 0.15) is 5.48 Å². The fourth-order valence-electron chi connectivity index (χ4n) is 7.72. The molecule has 0 saturated carbocycles. The van der Waals surface area contributed by atoms with Crippen molar-refractivity contribution < 1.29 is 5.48 Å². The number of hydrogen-bond donors (Lipinski definition) is 0. The Hall–Kier alpha value is -7.22. The lowest BCUT2D eigenvalue weighted by atomic mass is 9.97. The quantitative estimate of drug-likeness (QED) is 0.149. The largest absolute Gasteiger partial charge is 0.310 e. The molecule has 0 atom stereocenters. The molecule has 0 aliphatic carbocycles. The molecule has 0 amide bonds. The molecular weight excluding hydrogens is 663 g/mol. The van der Waals surface area contributed by atoms with Gasteiger partial charge in [-0.05, 0) is 119 Å². The number of benzene rings is 10. The molecule has 55 heavy (non-hydrogen) atoms. The Balaban J connectivity index is 1.11. The molecule has 1 heteroatoms. The van der Waals surface area contributed by atoms with Crippen molar-refractivity contribution in [2.75, 3.05) is 4.90 Å². The predicted octanol–water partition coefficient (Wildman–Crippen LogP) is 15.3. The van der Waals surface area contributed by atoms with Crippen molar-refractivity contribution in [2.45, 2.75) is 0 Å². The summed E-state index contributed by atoms with van der Waals surface area (Å²) in [5, 5.41) is 6.58. The predicted molar refractivity (Wildman–Crippen MR) is 235 cm³/mol. The Kier molecular flexibility index (Phi) is 7.19. The zero-order valence-corrected chi connectivity index (χ0v) is 30.0. The topological polar surface area (TPSA) is 3.24 Å². The second-order valence-corrected chi connectivity index (χ2v) is 13.8. The summed E-state index contributed by atoms with van der Waals surface area (Å²) in [6.07, 6.45) is 0. The van der Waals surface area contributed by atoms with E-state index in [-0.39, 0.29) is 35.4 Å². The van der Waals surface area contributed by atoms with Crippen LogP contribution >= 0.6 is 0 Å². The minimum Gasteiger partial charge on any atom is -0.310 e. The van der Waals surface area contributed by atoms with Gasteiger partial charge in [0.05, 0.1) is 5.48 Å². The highest BCUT2D eigenvalue weighted by atomic mass is 15.1. The van der Waals surface area contributed by atoms with Crippen molar-refractivity contribution in [2.24, 2.45) is 0 Å². The lowest BCUT2D eigenvalue weighted by Gasteiger charge is -2.26. The van der Waals surface area contributed by atoms with Crippen LogP contribution in [0.3, 0.4) is 0 Å². The highest BCUT2D eigenvalue weighted by Gasteiger charge is 2.15. The number of fused-ring (bicyclic) bond motifs is 4. The van der Waals surface area contributed by atoms with Crippen LogP contribution in [-0.4, -0.2) is 0 Å². The van der Waals surface area contributed by atoms with Crippen LogP contribution in [0.15, 0.2) is 224 Å². The fraction of sp³-hybridized carbons (Fsp3) is 0. The lowest BCUT2D eigenvalue weighted by molar-refractivity contribution is 1.28. The monoisotopic (exact) mass is 703 g/mol. The van der Waals surface area contributed by atoms with E-state index in [9.17, 15) is 5.48 Å². The summed E-state index contributed by atoms with van der Waals surface area (Å²) in [6, 6.07) is 67.5. The van der Waals surface area contributed by atoms with Crippen molar-refractivity contribution in [1.29, 1.82) is 0 Å². The molecule has 10 aromatic carbocycles. The summed E-state index contributed by atoms with van der Waals surface area (Å²) in [4.78, 5) is 1.87. The second kappa shape index (κ2) is 14.0. The first-order chi connectivity index (χ1) is 28.9. The van der Waals surface area contributed by atoms with Gasteiger partial charge in [-0.15, -0.1) is 0 Å². The van der Waals surface area contributed by atoms with Gasteiger partial charge in [0.2, 0.25) is 0 Å². The SMILES string of the molecule is [2H]c1c([2H])c(N(c2ccc(-c3ccc(-c4ccccc4)cc3)cc2)c2cccc(-c3cccc4ccccc34)c2)c([2H])c([2H])c1-c1ccc2c(ccc3ccccc32)c1. The van der Waals surface area contributed by atoms with E-state index in [0.29, 0.717) is 5.56 Å². The molecule has 0 saturated heterocycles. The first-order valence-corrected chi connectivity index (χ1v) is 18.6. The Bertz CT molecular complexity index is 3160. The van der Waals surface area contributed by atoms with Crippen molar-refractivity contribution in [3.05, 3.63) is 224 Å². The van der Waals surface area contributed by atoms with Gasteiger partial charge < -0.3 is 4.90 Å². The molecule has 1 nitrogen and oxygen atoms in total. The van der Waals surface area contributed by atoms with Gasteiger partial charge in [-0.2, -0.15) is 0 Å². The highest BCUT2D eigenvalue weighted by Crippen LogP contribution is 2.40. The van der Waals surface area contributed by atoms with E-state index in [2.05, 4.69) is 115 Å². The summed E-state index contributed by atoms with van der Waals surface area (Å²) in [5.41, 5.74) is 9.00. The maximum Gasteiger partial charge on any atom is 0.0645 e. The summed E-state index contributed by atoms with van der Waals surface area (Å²) >= 11 is 0. The Morgan fingerprint density at radius 2 is 0.800 bits per heavy atom. The average molecular weight is 704 g/mol. The molecule has 0 aromatic heterocycles. The van der Waals surface area contributed by atoms with Crippen LogP contribution in [-0.2, 0) is 0 Å². The molecule has 0 aliphatic heterocycles. The lowest BCUT2D eigenvalue weighted by Crippen LogP contribution is -2.10. The third-order valence-corrected chi connectivity index (χ3v) is 10.5. The third-order valence-electron chi connectivity index (χ3n) is 10.5. The number of hydrogen-bond acceptors (Lipinski definition) is 1. The van der Waals surface area contributed by atoms with Gasteiger partial charge in [-0.1, -0.05) is 182 Å². The fourth-order valence-corrected chi connectivity index (χ4v) is 7.72. The van der Waals surface area contributed by atoms with Gasteiger partial charge in [0, 0.05) is 17.1 Å². The van der Waals surface area contributed by atoms with Gasteiger partial charge >= 0.3 is 0 Å². The van der Waals surface area contributed by atoms with Crippen LogP contribution in [0.4, 0.5) is 17.1 Å². The van der Waals surface area contributed by atoms with Crippen molar-refractivity contribution in [3.8, 4) is 44.5 Å². The van der Waals surface area contributed by atoms with Crippen molar-refractivity contribution >= 4 is 49.4 Å². The Labute approximate surface area is 327 Å². The Morgan fingerprint density at radius 3 is 1.55 bits per heavy atom. The molecule has 0 bridgehead atoms. The standard InChI is InChI=1S/C54H37N/c1-2-10-38(11-3-1)39-20-22-40(23-21-39)41-26-31-48(32-27-41)55(50-16-8-15-46(37-50)53-19-9-14-43-12-4-6-17-51(43)53)49-33-28-42(29-34-49)45-30-35-54-47(36-45)25-24-44-13-5-7-18-52(44)54/h1-37H/i28D,29D,33D,34D. The third kappa shape index (κ3) is 6.22. The molecule has 0 radical (unpaired) electrons. The van der Waals surface area contributed by atoms with E-state index < -0.39 is 0 Å². The summed E-state index contributed by atoms with van der Waals surface area (Å²) < 4.78 is 38.1. The molecule has 0 fully saturated rings. The molecule has 0 spiro atoms. The Morgan fingerprint density at radius 1 is 0.273 bits per heavy atom. The van der Waals surface area contributed by atoms with Crippen molar-refractivity contribution in [1.82, 2.24) is 0 Å². The minimum absolute atomic E-state index is 0.0912. The molecule has 0 N–H and O–H groups in total. The van der Waals surface area contributed by atoms with Crippen molar-refractivity contribution in [3.63, 3.8) is 0 Å². The molecule has 10 aromatic rings.